The molecule has 0 aliphatic heterocycles. The maximum absolute atomic E-state index is 12.2. The molecule has 0 amide bonds. The summed E-state index contributed by atoms with van der Waals surface area (Å²) >= 11 is 6.00. The fraction of sp³-hybridized carbons (Fsp3) is 0.417. The molecule has 0 heterocycles. The quantitative estimate of drug-likeness (QED) is 0.626. The zero-order chi connectivity index (χ0) is 13.3. The van der Waals surface area contributed by atoms with E-state index in [-0.39, 0.29) is 6.42 Å². The third-order valence-electron chi connectivity index (χ3n) is 2.66. The number of benzene rings is 1. The normalized spacial score (nSPS) is 15.3. The van der Waals surface area contributed by atoms with Crippen molar-refractivity contribution < 1.29 is 13.2 Å². The summed E-state index contributed by atoms with van der Waals surface area (Å²) in [6.45, 7) is 3.42. The largest absolute Gasteiger partial charge is 0.291 e. The van der Waals surface area contributed by atoms with E-state index in [9.17, 15) is 13.2 Å². The van der Waals surface area contributed by atoms with E-state index >= 15 is 0 Å². The van der Waals surface area contributed by atoms with E-state index in [1.54, 1.807) is 25.1 Å². The van der Waals surface area contributed by atoms with Crippen molar-refractivity contribution in [1.82, 2.24) is 0 Å². The molecule has 0 aromatic heterocycles. The Morgan fingerprint density at radius 3 is 2.41 bits per heavy atom. The number of alkyl halides is 1. The number of aryl methyl sites for hydroxylation is 1. The highest BCUT2D eigenvalue weighted by molar-refractivity contribution is 7.94. The van der Waals surface area contributed by atoms with Crippen LogP contribution in [-0.2, 0) is 9.84 Å². The van der Waals surface area contributed by atoms with E-state index in [1.165, 1.54) is 0 Å². The minimum absolute atomic E-state index is 0.0418. The van der Waals surface area contributed by atoms with Gasteiger partial charge in [-0.1, -0.05) is 42.3 Å². The summed E-state index contributed by atoms with van der Waals surface area (Å²) in [6.07, 6.45) is 1.03. The van der Waals surface area contributed by atoms with Crippen LogP contribution in [0.5, 0.6) is 0 Å². The molecule has 94 valence electrons. The first-order valence-electron chi connectivity index (χ1n) is 5.22. The molecule has 3 nitrogen and oxygen atoms in total. The van der Waals surface area contributed by atoms with Gasteiger partial charge in [0.15, 0.2) is 15.6 Å². The summed E-state index contributed by atoms with van der Waals surface area (Å²) in [5.74, 6) is -0.562. The molecule has 1 aromatic carbocycles. The Morgan fingerprint density at radius 1 is 1.41 bits per heavy atom. The third kappa shape index (κ3) is 2.69. The van der Waals surface area contributed by atoms with Gasteiger partial charge in [0.25, 0.3) is 0 Å². The molecule has 0 saturated carbocycles. The molecular weight excluding hydrogens is 260 g/mol. The number of hydrogen-bond acceptors (Lipinski definition) is 3. The molecule has 0 spiro atoms. The first kappa shape index (κ1) is 14.2. The lowest BCUT2D eigenvalue weighted by Crippen LogP contribution is -2.40. The average molecular weight is 275 g/mol. The first-order chi connectivity index (χ1) is 7.72. The summed E-state index contributed by atoms with van der Waals surface area (Å²) in [5.41, 5.74) is 1.21. The predicted molar refractivity (Wildman–Crippen MR) is 69.2 cm³/mol. The molecule has 0 fully saturated rings. The van der Waals surface area contributed by atoms with E-state index in [0.717, 1.165) is 11.8 Å². The van der Waals surface area contributed by atoms with Crippen LogP contribution in [0, 0.1) is 6.92 Å². The smallest absolute Gasteiger partial charge is 0.207 e. The van der Waals surface area contributed by atoms with Crippen LogP contribution in [0.25, 0.3) is 0 Å². The second kappa shape index (κ2) is 4.78. The van der Waals surface area contributed by atoms with Crippen molar-refractivity contribution in [2.24, 2.45) is 0 Å². The Balaban J connectivity index is 3.29. The number of Topliss-reactive ketones (excluding diaryl/α,β-unsaturated/α-hetero) is 1. The lowest BCUT2D eigenvalue weighted by molar-refractivity contribution is 0.0970. The van der Waals surface area contributed by atoms with E-state index in [1.807, 2.05) is 13.0 Å². The van der Waals surface area contributed by atoms with Crippen molar-refractivity contribution in [2.45, 2.75) is 24.5 Å². The molecule has 0 N–H and O–H groups in total. The Hall–Kier alpha value is -0.870. The van der Waals surface area contributed by atoms with Crippen LogP contribution < -0.4 is 0 Å². The van der Waals surface area contributed by atoms with Gasteiger partial charge in [-0.25, -0.2) is 8.42 Å². The second-order valence-corrected chi connectivity index (χ2v) is 7.16. The number of rotatable bonds is 4. The Bertz CT molecular complexity index is 536. The number of hydrogen-bond donors (Lipinski definition) is 0. The fourth-order valence-electron chi connectivity index (χ4n) is 1.59. The maximum atomic E-state index is 12.2. The summed E-state index contributed by atoms with van der Waals surface area (Å²) in [6, 6.07) is 6.75. The molecule has 1 rings (SSSR count). The molecule has 0 radical (unpaired) electrons. The van der Waals surface area contributed by atoms with Gasteiger partial charge in [-0.05, 0) is 19.4 Å². The van der Waals surface area contributed by atoms with E-state index in [2.05, 4.69) is 0 Å². The van der Waals surface area contributed by atoms with Gasteiger partial charge in [0.1, 0.15) is 0 Å². The monoisotopic (exact) mass is 274 g/mol. The van der Waals surface area contributed by atoms with Crippen LogP contribution in [-0.4, -0.2) is 24.7 Å². The highest BCUT2D eigenvalue weighted by Crippen LogP contribution is 2.30. The molecule has 1 aromatic rings. The van der Waals surface area contributed by atoms with Crippen LogP contribution in [0.2, 0.25) is 0 Å². The average Bonchev–Trinajstić information content (AvgIpc) is 2.25. The number of ketones is 1. The topological polar surface area (TPSA) is 51.2 Å². The number of carbonyl (C=O) groups excluding carboxylic acids is 1. The Labute approximate surface area is 107 Å². The summed E-state index contributed by atoms with van der Waals surface area (Å²) in [4.78, 5) is 12.2. The van der Waals surface area contributed by atoms with E-state index in [4.69, 9.17) is 11.6 Å². The highest BCUT2D eigenvalue weighted by Gasteiger charge is 2.44. The van der Waals surface area contributed by atoms with E-state index in [0.29, 0.717) is 5.56 Å². The predicted octanol–water partition coefficient (Wildman–Crippen LogP) is 2.57. The van der Waals surface area contributed by atoms with Crippen LogP contribution >= 0.6 is 11.6 Å². The lowest BCUT2D eigenvalue weighted by atomic mass is 10.0. The zero-order valence-corrected chi connectivity index (χ0v) is 11.6. The van der Waals surface area contributed by atoms with Crippen molar-refractivity contribution >= 4 is 27.2 Å². The first-order valence-corrected chi connectivity index (χ1v) is 7.49. The number of halogens is 1. The SMILES string of the molecule is CC[C@](Cl)(C(=O)c1cccc(C)c1)S(C)(=O)=O. The number of carbonyl (C=O) groups is 1. The molecule has 0 bridgehead atoms. The van der Waals surface area contributed by atoms with Gasteiger partial charge in [-0.15, -0.1) is 0 Å². The molecule has 5 heteroatoms. The Kier molecular flexibility index (Phi) is 3.99. The van der Waals surface area contributed by atoms with Crippen molar-refractivity contribution in [2.75, 3.05) is 6.26 Å². The fourth-order valence-corrected chi connectivity index (χ4v) is 2.68. The van der Waals surface area contributed by atoms with Crippen LogP contribution in [0.15, 0.2) is 24.3 Å². The lowest BCUT2D eigenvalue weighted by Gasteiger charge is -2.22. The molecule has 0 saturated heterocycles. The summed E-state index contributed by atoms with van der Waals surface area (Å²) in [5, 5.41) is 0. The minimum Gasteiger partial charge on any atom is -0.291 e. The minimum atomic E-state index is -3.66. The molecule has 1 atom stereocenters. The molecule has 0 aliphatic rings. The second-order valence-electron chi connectivity index (χ2n) is 4.05. The maximum Gasteiger partial charge on any atom is 0.207 e. The molecular formula is C12H15ClO3S. The standard InChI is InChI=1S/C12H15ClO3S/c1-4-12(13,17(3,15)16)11(14)10-7-5-6-9(2)8-10/h5-8H,4H2,1-3H3/t12-/m1/s1. The highest BCUT2D eigenvalue weighted by atomic mass is 35.5. The summed E-state index contributed by atoms with van der Waals surface area (Å²) in [7, 11) is -3.66. The number of sulfone groups is 1. The zero-order valence-electron chi connectivity index (χ0n) is 10.0. The third-order valence-corrected chi connectivity index (χ3v) is 5.59. The van der Waals surface area contributed by atoms with Crippen LogP contribution in [0.3, 0.4) is 0 Å². The van der Waals surface area contributed by atoms with Crippen LogP contribution in [0.4, 0.5) is 0 Å². The van der Waals surface area contributed by atoms with Gasteiger partial charge in [0.2, 0.25) is 4.21 Å². The van der Waals surface area contributed by atoms with Gasteiger partial charge in [-0.3, -0.25) is 4.79 Å². The van der Waals surface area contributed by atoms with Gasteiger partial charge >= 0.3 is 0 Å². The van der Waals surface area contributed by atoms with Gasteiger partial charge in [0.05, 0.1) is 0 Å². The summed E-state index contributed by atoms with van der Waals surface area (Å²) < 4.78 is 21.4. The van der Waals surface area contributed by atoms with Crippen LogP contribution in [0.1, 0.15) is 29.3 Å². The Morgan fingerprint density at radius 2 is 2.00 bits per heavy atom. The van der Waals surface area contributed by atoms with Crippen molar-refractivity contribution in [3.05, 3.63) is 35.4 Å². The molecule has 0 unspecified atom stereocenters. The van der Waals surface area contributed by atoms with Gasteiger partial charge < -0.3 is 0 Å². The molecule has 17 heavy (non-hydrogen) atoms. The van der Waals surface area contributed by atoms with Gasteiger partial charge in [-0.2, -0.15) is 0 Å². The van der Waals surface area contributed by atoms with Crippen molar-refractivity contribution in [3.63, 3.8) is 0 Å². The van der Waals surface area contributed by atoms with Crippen molar-refractivity contribution in [1.29, 1.82) is 0 Å². The van der Waals surface area contributed by atoms with Crippen molar-refractivity contribution in [3.8, 4) is 0 Å². The van der Waals surface area contributed by atoms with Gasteiger partial charge in [0, 0.05) is 11.8 Å². The van der Waals surface area contributed by atoms with E-state index < -0.39 is 19.8 Å². The molecule has 0 aliphatic carbocycles.